The van der Waals surface area contributed by atoms with Gasteiger partial charge in [-0.1, -0.05) is 57.2 Å². The van der Waals surface area contributed by atoms with Crippen LogP contribution >= 0.6 is 0 Å². The molecule has 1 N–H and O–H groups in total. The van der Waals surface area contributed by atoms with Crippen LogP contribution in [-0.2, 0) is 16.1 Å². The second kappa shape index (κ2) is 10.1. The van der Waals surface area contributed by atoms with Crippen LogP contribution in [0.1, 0.15) is 52.5 Å². The van der Waals surface area contributed by atoms with E-state index in [9.17, 15) is 5.11 Å². The quantitative estimate of drug-likeness (QED) is 0.521. The summed E-state index contributed by atoms with van der Waals surface area (Å²) in [7, 11) is 0. The molecule has 3 heteroatoms. The van der Waals surface area contributed by atoms with E-state index in [2.05, 4.69) is 39.5 Å². The highest BCUT2D eigenvalue weighted by molar-refractivity contribution is 5.28. The third kappa shape index (κ3) is 5.95. The van der Waals surface area contributed by atoms with Gasteiger partial charge < -0.3 is 14.6 Å². The van der Waals surface area contributed by atoms with E-state index in [-0.39, 0.29) is 5.92 Å². The summed E-state index contributed by atoms with van der Waals surface area (Å²) in [6.07, 6.45) is 4.31. The highest BCUT2D eigenvalue weighted by atomic mass is 16.5. The van der Waals surface area contributed by atoms with E-state index in [1.165, 1.54) is 0 Å². The normalized spacial score (nSPS) is 23.7. The van der Waals surface area contributed by atoms with Crippen molar-refractivity contribution < 1.29 is 14.6 Å². The molecular formula is C24H36O3. The molecule has 1 aromatic rings. The molecule has 1 aliphatic carbocycles. The summed E-state index contributed by atoms with van der Waals surface area (Å²) in [6, 6.07) is 10.2. The Morgan fingerprint density at radius 1 is 1.26 bits per heavy atom. The molecule has 0 fully saturated rings. The van der Waals surface area contributed by atoms with Crippen molar-refractivity contribution >= 4 is 0 Å². The van der Waals surface area contributed by atoms with Crippen LogP contribution in [-0.4, -0.2) is 23.9 Å². The molecule has 1 aromatic carbocycles. The number of ether oxygens (including phenoxy) is 2. The van der Waals surface area contributed by atoms with Crippen molar-refractivity contribution in [1.29, 1.82) is 0 Å². The van der Waals surface area contributed by atoms with Gasteiger partial charge in [0.25, 0.3) is 0 Å². The SMILES string of the molecule is C=CC(C)CCC1(O)C(C)=C(OCC(C)C)CC1COCc1ccccc1. The zero-order chi connectivity index (χ0) is 19.9. The average molecular weight is 373 g/mol. The topological polar surface area (TPSA) is 38.7 Å². The van der Waals surface area contributed by atoms with Gasteiger partial charge in [0.05, 0.1) is 31.2 Å². The summed E-state index contributed by atoms with van der Waals surface area (Å²) in [5, 5.41) is 11.5. The Balaban J connectivity index is 2.04. The molecule has 3 nitrogen and oxygen atoms in total. The molecule has 0 saturated heterocycles. The minimum atomic E-state index is -0.861. The van der Waals surface area contributed by atoms with E-state index in [0.717, 1.165) is 29.7 Å². The van der Waals surface area contributed by atoms with Crippen LogP contribution < -0.4 is 0 Å². The molecule has 0 saturated carbocycles. The zero-order valence-corrected chi connectivity index (χ0v) is 17.4. The van der Waals surface area contributed by atoms with E-state index < -0.39 is 5.60 Å². The number of hydrogen-bond acceptors (Lipinski definition) is 3. The van der Waals surface area contributed by atoms with Crippen molar-refractivity contribution in [2.45, 2.75) is 59.2 Å². The van der Waals surface area contributed by atoms with Gasteiger partial charge in [-0.05, 0) is 42.7 Å². The Labute approximate surface area is 165 Å². The third-order valence-corrected chi connectivity index (χ3v) is 5.58. The maximum absolute atomic E-state index is 11.5. The first-order chi connectivity index (χ1) is 12.9. The van der Waals surface area contributed by atoms with Crippen LogP contribution in [0.25, 0.3) is 0 Å². The first-order valence-electron chi connectivity index (χ1n) is 10.2. The highest BCUT2D eigenvalue weighted by Gasteiger charge is 2.46. The van der Waals surface area contributed by atoms with Gasteiger partial charge in [0.1, 0.15) is 0 Å². The van der Waals surface area contributed by atoms with Gasteiger partial charge in [0.2, 0.25) is 0 Å². The lowest BCUT2D eigenvalue weighted by atomic mass is 9.81. The molecular weight excluding hydrogens is 336 g/mol. The molecule has 3 unspecified atom stereocenters. The fourth-order valence-electron chi connectivity index (χ4n) is 3.58. The molecule has 2 rings (SSSR count). The molecule has 27 heavy (non-hydrogen) atoms. The molecule has 0 radical (unpaired) electrons. The fourth-order valence-corrected chi connectivity index (χ4v) is 3.58. The lowest BCUT2D eigenvalue weighted by Gasteiger charge is -2.32. The van der Waals surface area contributed by atoms with E-state index in [0.29, 0.717) is 38.1 Å². The number of allylic oxidation sites excluding steroid dienone is 2. The van der Waals surface area contributed by atoms with Gasteiger partial charge >= 0.3 is 0 Å². The summed E-state index contributed by atoms with van der Waals surface area (Å²) < 4.78 is 12.0. The number of benzene rings is 1. The van der Waals surface area contributed by atoms with Crippen molar-refractivity contribution in [3.05, 3.63) is 59.9 Å². The van der Waals surface area contributed by atoms with Gasteiger partial charge in [-0.3, -0.25) is 0 Å². The van der Waals surface area contributed by atoms with E-state index in [1.807, 2.05) is 31.2 Å². The Morgan fingerprint density at radius 2 is 1.96 bits per heavy atom. The lowest BCUT2D eigenvalue weighted by molar-refractivity contribution is -0.0306. The van der Waals surface area contributed by atoms with Crippen LogP contribution in [0.15, 0.2) is 54.3 Å². The smallest absolute Gasteiger partial charge is 0.0982 e. The molecule has 0 aliphatic heterocycles. The first kappa shape index (κ1) is 21.7. The summed E-state index contributed by atoms with van der Waals surface area (Å²) in [5.74, 6) is 1.83. The summed E-state index contributed by atoms with van der Waals surface area (Å²) in [4.78, 5) is 0. The van der Waals surface area contributed by atoms with Gasteiger partial charge in [0.15, 0.2) is 0 Å². The Morgan fingerprint density at radius 3 is 2.59 bits per heavy atom. The Hall–Kier alpha value is -1.58. The van der Waals surface area contributed by atoms with Crippen molar-refractivity contribution in [1.82, 2.24) is 0 Å². The number of aliphatic hydroxyl groups is 1. The maximum atomic E-state index is 11.5. The molecule has 0 aromatic heterocycles. The molecule has 0 spiro atoms. The van der Waals surface area contributed by atoms with E-state index in [4.69, 9.17) is 9.47 Å². The predicted molar refractivity (Wildman–Crippen MR) is 111 cm³/mol. The number of rotatable bonds is 11. The summed E-state index contributed by atoms with van der Waals surface area (Å²) in [5.41, 5.74) is 1.27. The van der Waals surface area contributed by atoms with Crippen LogP contribution in [0, 0.1) is 17.8 Å². The van der Waals surface area contributed by atoms with Crippen molar-refractivity contribution in [3.8, 4) is 0 Å². The van der Waals surface area contributed by atoms with Crippen LogP contribution in [0.4, 0.5) is 0 Å². The third-order valence-electron chi connectivity index (χ3n) is 5.58. The minimum absolute atomic E-state index is 0.0281. The summed E-state index contributed by atoms with van der Waals surface area (Å²) >= 11 is 0. The van der Waals surface area contributed by atoms with Gasteiger partial charge in [-0.25, -0.2) is 0 Å². The second-order valence-corrected chi connectivity index (χ2v) is 8.33. The monoisotopic (exact) mass is 372 g/mol. The van der Waals surface area contributed by atoms with Crippen LogP contribution in [0.2, 0.25) is 0 Å². The van der Waals surface area contributed by atoms with Crippen LogP contribution in [0.3, 0.4) is 0 Å². The van der Waals surface area contributed by atoms with E-state index >= 15 is 0 Å². The molecule has 1 aliphatic rings. The standard InChI is InChI=1S/C24H36O3/c1-6-19(4)12-13-24(25)20(5)23(27-15-18(2)3)14-22(24)17-26-16-21-10-8-7-9-11-21/h6-11,18-19,22,25H,1,12-17H2,2-5H3. The van der Waals surface area contributed by atoms with Gasteiger partial charge in [-0.15, -0.1) is 6.58 Å². The minimum Gasteiger partial charge on any atom is -0.498 e. The second-order valence-electron chi connectivity index (χ2n) is 8.33. The van der Waals surface area contributed by atoms with Crippen molar-refractivity contribution in [3.63, 3.8) is 0 Å². The molecule has 3 atom stereocenters. The predicted octanol–water partition coefficient (Wildman–Crippen LogP) is 5.50. The van der Waals surface area contributed by atoms with Crippen LogP contribution in [0.5, 0.6) is 0 Å². The Bertz CT molecular complexity index is 620. The van der Waals surface area contributed by atoms with Crippen molar-refractivity contribution in [2.75, 3.05) is 13.2 Å². The number of hydrogen-bond donors (Lipinski definition) is 1. The first-order valence-corrected chi connectivity index (χ1v) is 10.2. The molecule has 0 amide bonds. The summed E-state index contributed by atoms with van der Waals surface area (Å²) in [6.45, 7) is 14.1. The molecule has 0 bridgehead atoms. The largest absolute Gasteiger partial charge is 0.498 e. The van der Waals surface area contributed by atoms with Crippen molar-refractivity contribution in [2.24, 2.45) is 17.8 Å². The lowest BCUT2D eigenvalue weighted by Crippen LogP contribution is -2.38. The zero-order valence-electron chi connectivity index (χ0n) is 17.4. The highest BCUT2D eigenvalue weighted by Crippen LogP contribution is 2.44. The van der Waals surface area contributed by atoms with E-state index in [1.54, 1.807) is 0 Å². The fraction of sp³-hybridized carbons (Fsp3) is 0.583. The average Bonchev–Trinajstić information content (AvgIpc) is 2.90. The Kier molecular flexibility index (Phi) is 8.12. The van der Waals surface area contributed by atoms with Gasteiger partial charge in [0, 0.05) is 12.3 Å². The molecule has 0 heterocycles. The van der Waals surface area contributed by atoms with Gasteiger partial charge in [-0.2, -0.15) is 0 Å². The maximum Gasteiger partial charge on any atom is 0.0982 e. The molecule has 150 valence electrons.